The minimum atomic E-state index is 0.213. The first-order valence-electron chi connectivity index (χ1n) is 6.28. The molecule has 1 saturated heterocycles. The maximum atomic E-state index is 11.8. The highest BCUT2D eigenvalue weighted by Gasteiger charge is 2.16. The molecule has 94 valence electrons. The second-order valence-electron chi connectivity index (χ2n) is 4.36. The molecule has 0 atom stereocenters. The zero-order chi connectivity index (χ0) is 12.1. The summed E-state index contributed by atoms with van der Waals surface area (Å²) in [5, 5.41) is 3.19. The largest absolute Gasteiger partial charge is 0.342 e. The lowest BCUT2D eigenvalue weighted by Crippen LogP contribution is -2.36. The summed E-state index contributed by atoms with van der Waals surface area (Å²) in [5.41, 5.74) is 1.13. The molecule has 0 unspecified atom stereocenters. The molecule has 2 heterocycles. The van der Waals surface area contributed by atoms with E-state index in [4.69, 9.17) is 0 Å². The Bertz CT molecular complexity index is 368. The molecule has 0 saturated carbocycles. The van der Waals surface area contributed by atoms with Crippen LogP contribution in [0.2, 0.25) is 0 Å². The molecule has 1 amide bonds. The van der Waals surface area contributed by atoms with E-state index >= 15 is 0 Å². The molecular weight excluding hydrogens is 216 g/mol. The van der Waals surface area contributed by atoms with Crippen LogP contribution in [0.15, 0.2) is 12.5 Å². The summed E-state index contributed by atoms with van der Waals surface area (Å²) in [7, 11) is 0. The topological polar surface area (TPSA) is 50.2 Å². The second-order valence-corrected chi connectivity index (χ2v) is 4.36. The lowest BCUT2D eigenvalue weighted by Gasteiger charge is -2.15. The van der Waals surface area contributed by atoms with Crippen LogP contribution in [0.1, 0.15) is 25.5 Å². The van der Waals surface area contributed by atoms with Crippen molar-refractivity contribution in [2.24, 2.45) is 0 Å². The zero-order valence-corrected chi connectivity index (χ0v) is 10.4. The maximum Gasteiger partial charge on any atom is 0.236 e. The Balaban J connectivity index is 1.73. The Hall–Kier alpha value is -1.36. The van der Waals surface area contributed by atoms with Gasteiger partial charge in [-0.1, -0.05) is 0 Å². The number of nitrogens with one attached hydrogen (secondary N) is 1. The van der Waals surface area contributed by atoms with Crippen LogP contribution in [0, 0.1) is 0 Å². The summed E-state index contributed by atoms with van der Waals surface area (Å²) in [6, 6.07) is 0. The van der Waals surface area contributed by atoms with Crippen molar-refractivity contribution >= 4 is 5.91 Å². The van der Waals surface area contributed by atoms with Gasteiger partial charge < -0.3 is 14.8 Å². The van der Waals surface area contributed by atoms with E-state index in [2.05, 4.69) is 21.8 Å². The van der Waals surface area contributed by atoms with E-state index in [1.165, 1.54) is 0 Å². The van der Waals surface area contributed by atoms with E-state index in [9.17, 15) is 4.79 Å². The van der Waals surface area contributed by atoms with E-state index in [1.54, 1.807) is 0 Å². The third kappa shape index (κ3) is 3.06. The lowest BCUT2D eigenvalue weighted by molar-refractivity contribution is -0.129. The number of aryl methyl sites for hydroxylation is 1. The number of hydrogen-bond donors (Lipinski definition) is 1. The molecule has 1 aromatic heterocycles. The first-order valence-corrected chi connectivity index (χ1v) is 6.28. The number of amides is 1. The molecule has 0 aromatic carbocycles. The molecule has 5 nitrogen and oxygen atoms in total. The van der Waals surface area contributed by atoms with Crippen LogP contribution in [0.3, 0.4) is 0 Å². The van der Waals surface area contributed by atoms with Gasteiger partial charge in [0.2, 0.25) is 5.91 Å². The first-order chi connectivity index (χ1) is 8.31. The van der Waals surface area contributed by atoms with Crippen molar-refractivity contribution in [3.8, 4) is 0 Å². The number of aromatic nitrogens is 2. The summed E-state index contributed by atoms with van der Waals surface area (Å²) in [4.78, 5) is 17.8. The number of carbonyl (C=O) groups excluding carboxylic acids is 1. The Morgan fingerprint density at radius 2 is 2.24 bits per heavy atom. The molecule has 1 aliphatic heterocycles. The fraction of sp³-hybridized carbons (Fsp3) is 0.667. The van der Waals surface area contributed by atoms with Gasteiger partial charge in [0, 0.05) is 32.4 Å². The number of nitrogens with zero attached hydrogens (tertiary/aromatic N) is 3. The highest BCUT2D eigenvalue weighted by molar-refractivity contribution is 5.78. The van der Waals surface area contributed by atoms with Crippen molar-refractivity contribution in [2.75, 3.05) is 19.6 Å². The van der Waals surface area contributed by atoms with Gasteiger partial charge in [-0.25, -0.2) is 4.98 Å². The number of hydrogen-bond acceptors (Lipinski definition) is 3. The standard InChI is InChI=1S/C12H20N4O/c1-2-15-10-14-8-11(15)7-13-9-12(17)16-5-3-4-6-16/h8,10,13H,2-7,9H2,1H3. The Labute approximate surface area is 102 Å². The predicted octanol–water partition coefficient (Wildman–Crippen LogP) is 0.615. The normalized spacial score (nSPS) is 15.5. The molecule has 1 aromatic rings. The quantitative estimate of drug-likeness (QED) is 0.815. The van der Waals surface area contributed by atoms with Crippen molar-refractivity contribution in [1.82, 2.24) is 19.8 Å². The van der Waals surface area contributed by atoms with Gasteiger partial charge in [-0.15, -0.1) is 0 Å². The molecule has 2 rings (SSSR count). The van der Waals surface area contributed by atoms with E-state index in [1.807, 2.05) is 17.4 Å². The number of likely N-dealkylation sites (tertiary alicyclic amines) is 1. The first kappa shape index (κ1) is 12.1. The lowest BCUT2D eigenvalue weighted by atomic mass is 10.4. The third-order valence-electron chi connectivity index (χ3n) is 3.18. The molecule has 5 heteroatoms. The second kappa shape index (κ2) is 5.82. The van der Waals surface area contributed by atoms with Crippen molar-refractivity contribution in [1.29, 1.82) is 0 Å². The van der Waals surface area contributed by atoms with Crippen LogP contribution in [-0.2, 0) is 17.9 Å². The summed E-state index contributed by atoms with van der Waals surface area (Å²) < 4.78 is 2.08. The maximum absolute atomic E-state index is 11.8. The van der Waals surface area contributed by atoms with E-state index in [-0.39, 0.29) is 5.91 Å². The minimum absolute atomic E-state index is 0.213. The van der Waals surface area contributed by atoms with Gasteiger partial charge in [0.15, 0.2) is 0 Å². The predicted molar refractivity (Wildman–Crippen MR) is 65.4 cm³/mol. The van der Waals surface area contributed by atoms with Crippen molar-refractivity contribution in [2.45, 2.75) is 32.9 Å². The molecule has 1 fully saturated rings. The zero-order valence-electron chi connectivity index (χ0n) is 10.4. The summed E-state index contributed by atoms with van der Waals surface area (Å²) in [6.07, 6.45) is 5.96. The molecule has 17 heavy (non-hydrogen) atoms. The molecule has 0 bridgehead atoms. The van der Waals surface area contributed by atoms with E-state index in [0.29, 0.717) is 13.1 Å². The highest BCUT2D eigenvalue weighted by atomic mass is 16.2. The van der Waals surface area contributed by atoms with Gasteiger partial charge in [0.25, 0.3) is 0 Å². The molecule has 0 aliphatic carbocycles. The van der Waals surface area contributed by atoms with E-state index in [0.717, 1.165) is 38.2 Å². The average molecular weight is 236 g/mol. The van der Waals surface area contributed by atoms with Gasteiger partial charge >= 0.3 is 0 Å². The van der Waals surface area contributed by atoms with Crippen LogP contribution in [0.4, 0.5) is 0 Å². The highest BCUT2D eigenvalue weighted by Crippen LogP contribution is 2.06. The van der Waals surface area contributed by atoms with Crippen molar-refractivity contribution < 1.29 is 4.79 Å². The number of imidazole rings is 1. The van der Waals surface area contributed by atoms with Crippen LogP contribution >= 0.6 is 0 Å². The van der Waals surface area contributed by atoms with Crippen LogP contribution in [0.25, 0.3) is 0 Å². The average Bonchev–Trinajstić information content (AvgIpc) is 2.99. The molecule has 0 radical (unpaired) electrons. The van der Waals surface area contributed by atoms with Crippen LogP contribution in [0.5, 0.6) is 0 Å². The van der Waals surface area contributed by atoms with Gasteiger partial charge in [-0.05, 0) is 19.8 Å². The number of rotatable bonds is 5. The SMILES string of the molecule is CCn1cncc1CNCC(=O)N1CCCC1. The summed E-state index contributed by atoms with van der Waals surface area (Å²) in [5.74, 6) is 0.213. The Morgan fingerprint density at radius 1 is 1.47 bits per heavy atom. The molecule has 1 aliphatic rings. The van der Waals surface area contributed by atoms with Gasteiger partial charge in [0.05, 0.1) is 18.6 Å². The third-order valence-corrected chi connectivity index (χ3v) is 3.18. The van der Waals surface area contributed by atoms with Crippen molar-refractivity contribution in [3.05, 3.63) is 18.2 Å². The van der Waals surface area contributed by atoms with Crippen molar-refractivity contribution in [3.63, 3.8) is 0 Å². The number of carbonyl (C=O) groups is 1. The smallest absolute Gasteiger partial charge is 0.236 e. The van der Waals surface area contributed by atoms with Gasteiger partial charge in [0.1, 0.15) is 0 Å². The molecular formula is C12H20N4O. The minimum Gasteiger partial charge on any atom is -0.342 e. The van der Waals surface area contributed by atoms with E-state index < -0.39 is 0 Å². The summed E-state index contributed by atoms with van der Waals surface area (Å²) in [6.45, 7) is 5.97. The monoisotopic (exact) mass is 236 g/mol. The van der Waals surface area contributed by atoms with Gasteiger partial charge in [-0.3, -0.25) is 4.79 Å². The van der Waals surface area contributed by atoms with Crippen LogP contribution in [-0.4, -0.2) is 40.0 Å². The molecule has 1 N–H and O–H groups in total. The Morgan fingerprint density at radius 3 is 2.94 bits per heavy atom. The summed E-state index contributed by atoms with van der Waals surface area (Å²) >= 11 is 0. The fourth-order valence-electron chi connectivity index (χ4n) is 2.16. The molecule has 0 spiro atoms. The Kier molecular flexibility index (Phi) is 4.14. The fourth-order valence-corrected chi connectivity index (χ4v) is 2.16. The van der Waals surface area contributed by atoms with Gasteiger partial charge in [-0.2, -0.15) is 0 Å². The van der Waals surface area contributed by atoms with Crippen LogP contribution < -0.4 is 5.32 Å².